The molecule has 0 fully saturated rings. The van der Waals surface area contributed by atoms with Gasteiger partial charge >= 0.3 is 0 Å². The van der Waals surface area contributed by atoms with Crippen molar-refractivity contribution in [3.8, 4) is 0 Å². The fraction of sp³-hybridized carbons (Fsp3) is 1.00. The predicted octanol–water partition coefficient (Wildman–Crippen LogP) is 2.88. The van der Waals surface area contributed by atoms with Gasteiger partial charge < -0.3 is 14.2 Å². The molecule has 3 nitrogen and oxygen atoms in total. The molecule has 0 unspecified atom stereocenters. The van der Waals surface area contributed by atoms with Crippen molar-refractivity contribution in [2.45, 2.75) is 40.0 Å². The fourth-order valence-electron chi connectivity index (χ4n) is 1.39. The summed E-state index contributed by atoms with van der Waals surface area (Å²) < 4.78 is 16.2. The number of hydrogen-bond acceptors (Lipinski definition) is 3. The summed E-state index contributed by atoms with van der Waals surface area (Å²) >= 11 is 0. The molecule has 0 saturated heterocycles. The van der Waals surface area contributed by atoms with Crippen molar-refractivity contribution in [1.29, 1.82) is 0 Å². The lowest BCUT2D eigenvalue weighted by molar-refractivity contribution is 0.00476. The van der Waals surface area contributed by atoms with Crippen molar-refractivity contribution in [3.63, 3.8) is 0 Å². The maximum atomic E-state index is 5.60. The second kappa shape index (κ2) is 10.1. The van der Waals surface area contributed by atoms with Gasteiger partial charge in [-0.05, 0) is 12.8 Å². The summed E-state index contributed by atoms with van der Waals surface area (Å²) in [4.78, 5) is 0. The molecule has 0 spiro atoms. The molecular weight excluding hydrogens is 204 g/mol. The quantitative estimate of drug-likeness (QED) is 0.513. The summed E-state index contributed by atoms with van der Waals surface area (Å²) in [5.74, 6) is 0. The first-order valence-electron chi connectivity index (χ1n) is 6.27. The Hall–Kier alpha value is -0.120. The van der Waals surface area contributed by atoms with Gasteiger partial charge in [0, 0.05) is 32.3 Å². The summed E-state index contributed by atoms with van der Waals surface area (Å²) in [6, 6.07) is 0. The van der Waals surface area contributed by atoms with Gasteiger partial charge in [0.25, 0.3) is 0 Å². The fourth-order valence-corrected chi connectivity index (χ4v) is 1.39. The minimum atomic E-state index is 0.109. The topological polar surface area (TPSA) is 27.7 Å². The molecule has 0 atom stereocenters. The molecular formula is C13H28O3. The Balaban J connectivity index is 3.20. The third-order valence-electron chi connectivity index (χ3n) is 2.25. The first-order chi connectivity index (χ1) is 7.62. The Morgan fingerprint density at radius 2 is 1.50 bits per heavy atom. The first-order valence-corrected chi connectivity index (χ1v) is 6.27. The summed E-state index contributed by atoms with van der Waals surface area (Å²) in [6.07, 6.45) is 3.33. The van der Waals surface area contributed by atoms with Crippen LogP contribution in [-0.2, 0) is 14.2 Å². The molecule has 0 N–H and O–H groups in total. The van der Waals surface area contributed by atoms with Crippen LogP contribution in [0.1, 0.15) is 40.0 Å². The van der Waals surface area contributed by atoms with E-state index in [1.807, 2.05) is 0 Å². The molecule has 0 aromatic carbocycles. The molecule has 0 saturated carbocycles. The molecule has 0 amide bonds. The van der Waals surface area contributed by atoms with Crippen molar-refractivity contribution in [3.05, 3.63) is 0 Å². The Morgan fingerprint density at radius 3 is 2.12 bits per heavy atom. The maximum Gasteiger partial charge on any atom is 0.0539 e. The lowest BCUT2D eigenvalue weighted by Gasteiger charge is -2.23. The van der Waals surface area contributed by atoms with E-state index in [0.29, 0.717) is 0 Å². The van der Waals surface area contributed by atoms with E-state index in [4.69, 9.17) is 14.2 Å². The van der Waals surface area contributed by atoms with Gasteiger partial charge in [0.15, 0.2) is 0 Å². The number of unbranched alkanes of at least 4 members (excludes halogenated alkanes) is 1. The number of hydrogen-bond donors (Lipinski definition) is 0. The van der Waals surface area contributed by atoms with E-state index in [1.165, 1.54) is 6.42 Å². The molecule has 0 radical (unpaired) electrons. The van der Waals surface area contributed by atoms with E-state index < -0.39 is 0 Å². The van der Waals surface area contributed by atoms with Crippen LogP contribution in [0.4, 0.5) is 0 Å². The highest BCUT2D eigenvalue weighted by Crippen LogP contribution is 2.15. The monoisotopic (exact) mass is 232 g/mol. The van der Waals surface area contributed by atoms with Crippen LogP contribution in [-0.4, -0.2) is 40.1 Å². The van der Waals surface area contributed by atoms with Crippen LogP contribution >= 0.6 is 0 Å². The SMILES string of the molecule is CCCCOCCCOCC(C)(C)COC. The predicted molar refractivity (Wildman–Crippen MR) is 66.8 cm³/mol. The minimum absolute atomic E-state index is 0.109. The third-order valence-corrected chi connectivity index (χ3v) is 2.25. The van der Waals surface area contributed by atoms with E-state index in [1.54, 1.807) is 7.11 Å². The summed E-state index contributed by atoms with van der Waals surface area (Å²) in [7, 11) is 1.73. The number of methoxy groups -OCH3 is 1. The van der Waals surface area contributed by atoms with Gasteiger partial charge in [-0.2, -0.15) is 0 Å². The van der Waals surface area contributed by atoms with Crippen LogP contribution in [0.25, 0.3) is 0 Å². The highest BCUT2D eigenvalue weighted by Gasteiger charge is 2.17. The average Bonchev–Trinajstić information content (AvgIpc) is 2.22. The zero-order valence-electron chi connectivity index (χ0n) is 11.4. The van der Waals surface area contributed by atoms with Crippen LogP contribution in [0.3, 0.4) is 0 Å². The lowest BCUT2D eigenvalue weighted by Crippen LogP contribution is -2.25. The molecule has 3 heteroatoms. The Labute approximate surface area is 100 Å². The lowest BCUT2D eigenvalue weighted by atomic mass is 9.96. The largest absolute Gasteiger partial charge is 0.384 e. The van der Waals surface area contributed by atoms with Crippen LogP contribution < -0.4 is 0 Å². The molecule has 0 aliphatic heterocycles. The second-order valence-corrected chi connectivity index (χ2v) is 4.97. The van der Waals surface area contributed by atoms with E-state index in [-0.39, 0.29) is 5.41 Å². The van der Waals surface area contributed by atoms with E-state index in [9.17, 15) is 0 Å². The minimum Gasteiger partial charge on any atom is -0.384 e. The molecule has 0 aliphatic carbocycles. The number of ether oxygens (including phenoxy) is 3. The molecule has 0 bridgehead atoms. The standard InChI is InChI=1S/C13H28O3/c1-5-6-8-15-9-7-10-16-12-13(2,3)11-14-4/h5-12H2,1-4H3. The Kier molecular flexibility index (Phi) is 9.99. The van der Waals surface area contributed by atoms with Crippen LogP contribution in [0.5, 0.6) is 0 Å². The van der Waals surface area contributed by atoms with Gasteiger partial charge in [0.05, 0.1) is 13.2 Å². The van der Waals surface area contributed by atoms with Crippen molar-refractivity contribution in [2.75, 3.05) is 40.1 Å². The van der Waals surface area contributed by atoms with E-state index in [0.717, 1.165) is 45.9 Å². The van der Waals surface area contributed by atoms with E-state index >= 15 is 0 Å². The molecule has 0 aromatic rings. The highest BCUT2D eigenvalue weighted by molar-refractivity contribution is 4.66. The van der Waals surface area contributed by atoms with Crippen LogP contribution in [0.15, 0.2) is 0 Å². The van der Waals surface area contributed by atoms with Gasteiger partial charge in [0.1, 0.15) is 0 Å². The Bertz CT molecular complexity index is 146. The van der Waals surface area contributed by atoms with Crippen LogP contribution in [0.2, 0.25) is 0 Å². The van der Waals surface area contributed by atoms with Crippen molar-refractivity contribution in [1.82, 2.24) is 0 Å². The first kappa shape index (κ1) is 15.9. The molecule has 0 aliphatic rings. The zero-order valence-corrected chi connectivity index (χ0v) is 11.4. The number of rotatable bonds is 11. The van der Waals surface area contributed by atoms with Gasteiger partial charge in [-0.3, -0.25) is 0 Å². The van der Waals surface area contributed by atoms with Crippen LogP contribution in [0, 0.1) is 5.41 Å². The summed E-state index contributed by atoms with van der Waals surface area (Å²) in [6.45, 7) is 10.4. The van der Waals surface area contributed by atoms with Gasteiger partial charge in [-0.15, -0.1) is 0 Å². The summed E-state index contributed by atoms with van der Waals surface area (Å²) in [5, 5.41) is 0. The average molecular weight is 232 g/mol. The molecule has 16 heavy (non-hydrogen) atoms. The molecule has 0 aromatic heterocycles. The summed E-state index contributed by atoms with van der Waals surface area (Å²) in [5.41, 5.74) is 0.109. The molecule has 98 valence electrons. The maximum absolute atomic E-state index is 5.60. The third kappa shape index (κ3) is 10.4. The zero-order chi connectivity index (χ0) is 12.3. The smallest absolute Gasteiger partial charge is 0.0539 e. The van der Waals surface area contributed by atoms with Gasteiger partial charge in [0.2, 0.25) is 0 Å². The highest BCUT2D eigenvalue weighted by atomic mass is 16.5. The van der Waals surface area contributed by atoms with E-state index in [2.05, 4.69) is 20.8 Å². The van der Waals surface area contributed by atoms with Crippen molar-refractivity contribution < 1.29 is 14.2 Å². The molecule has 0 rings (SSSR count). The van der Waals surface area contributed by atoms with Crippen molar-refractivity contribution in [2.24, 2.45) is 5.41 Å². The normalized spacial score (nSPS) is 12.0. The second-order valence-electron chi connectivity index (χ2n) is 4.97. The Morgan fingerprint density at radius 1 is 0.875 bits per heavy atom. The van der Waals surface area contributed by atoms with Crippen molar-refractivity contribution >= 4 is 0 Å². The van der Waals surface area contributed by atoms with Gasteiger partial charge in [-0.1, -0.05) is 27.2 Å². The van der Waals surface area contributed by atoms with Gasteiger partial charge in [-0.25, -0.2) is 0 Å². The molecule has 0 heterocycles.